The summed E-state index contributed by atoms with van der Waals surface area (Å²) in [5, 5.41) is 33.8. The number of nitro benzene ring substituents is 1. The number of amides is 1. The number of nitrogens with two attached hydrogens (primary N) is 1. The smallest absolute Gasteiger partial charge is 0.407 e. The summed E-state index contributed by atoms with van der Waals surface area (Å²) >= 11 is 5.97. The van der Waals surface area contributed by atoms with Crippen LogP contribution < -0.4 is 11.1 Å². The summed E-state index contributed by atoms with van der Waals surface area (Å²) < 4.78 is 5.03. The number of halogens is 1. The number of carbonyl (C=O) groups excluding carboxylic acids is 1. The number of hydrogen-bond donors (Lipinski definition) is 4. The van der Waals surface area contributed by atoms with Crippen LogP contribution in [0.1, 0.15) is 23.7 Å². The maximum Gasteiger partial charge on any atom is 0.407 e. The van der Waals surface area contributed by atoms with E-state index in [4.69, 9.17) is 22.1 Å². The van der Waals surface area contributed by atoms with Gasteiger partial charge < -0.3 is 26.0 Å². The molecule has 5 N–H and O–H groups in total. The second-order valence-corrected chi connectivity index (χ2v) is 6.39. The molecule has 0 bridgehead atoms. The van der Waals surface area contributed by atoms with E-state index in [1.54, 1.807) is 0 Å². The Morgan fingerprint density at radius 3 is 2.61 bits per heavy atom. The molecule has 10 heteroatoms. The van der Waals surface area contributed by atoms with Crippen LogP contribution in [-0.4, -0.2) is 33.9 Å². The highest BCUT2D eigenvalue weighted by Gasteiger charge is 2.25. The van der Waals surface area contributed by atoms with Crippen LogP contribution in [-0.2, 0) is 11.3 Å². The molecular weight excluding hydrogens is 390 g/mol. The number of nitrogens with one attached hydrogen (secondary N) is 1. The van der Waals surface area contributed by atoms with Crippen LogP contribution in [0.3, 0.4) is 0 Å². The van der Waals surface area contributed by atoms with Crippen LogP contribution in [0.5, 0.6) is 0 Å². The van der Waals surface area contributed by atoms with E-state index >= 15 is 0 Å². The maximum atomic E-state index is 11.7. The number of nitrogens with zero attached hydrogens (tertiary/aromatic N) is 1. The second-order valence-electron chi connectivity index (χ2n) is 5.98. The van der Waals surface area contributed by atoms with Gasteiger partial charge in [0, 0.05) is 23.2 Å². The molecule has 2 atom stereocenters. The van der Waals surface area contributed by atoms with Gasteiger partial charge in [-0.1, -0.05) is 41.9 Å². The van der Waals surface area contributed by atoms with E-state index in [9.17, 15) is 25.1 Å². The monoisotopic (exact) mass is 409 g/mol. The average Bonchev–Trinajstić information content (AvgIpc) is 2.66. The van der Waals surface area contributed by atoms with Gasteiger partial charge >= 0.3 is 6.09 Å². The van der Waals surface area contributed by atoms with Gasteiger partial charge in [0.25, 0.3) is 5.69 Å². The van der Waals surface area contributed by atoms with Crippen molar-refractivity contribution in [3.63, 3.8) is 0 Å². The fraction of sp³-hybridized carbons (Fsp3) is 0.278. The van der Waals surface area contributed by atoms with Crippen LogP contribution in [0.25, 0.3) is 0 Å². The minimum Gasteiger partial charge on any atom is -0.445 e. The van der Waals surface area contributed by atoms with Crippen LogP contribution in [0.15, 0.2) is 42.5 Å². The molecule has 0 fully saturated rings. The van der Waals surface area contributed by atoms with E-state index in [1.807, 2.05) is 30.3 Å². The first kappa shape index (κ1) is 21.4. The third-order valence-electron chi connectivity index (χ3n) is 3.95. The van der Waals surface area contributed by atoms with Gasteiger partial charge in [-0.05, 0) is 18.1 Å². The van der Waals surface area contributed by atoms with E-state index in [2.05, 4.69) is 5.32 Å². The molecule has 9 nitrogen and oxygen atoms in total. The maximum absolute atomic E-state index is 11.7. The Balaban J connectivity index is 1.85. The lowest BCUT2D eigenvalue weighted by atomic mass is 10.0. The van der Waals surface area contributed by atoms with Crippen LogP contribution in [0, 0.1) is 10.1 Å². The molecule has 0 aliphatic carbocycles. The number of alkyl carbamates (subject to hydrolysis) is 1. The number of anilines is 1. The summed E-state index contributed by atoms with van der Waals surface area (Å²) in [6.07, 6.45) is -3.52. The van der Waals surface area contributed by atoms with Crippen molar-refractivity contribution in [1.29, 1.82) is 0 Å². The molecule has 2 rings (SSSR count). The molecule has 0 saturated heterocycles. The first-order valence-electron chi connectivity index (χ1n) is 8.33. The van der Waals surface area contributed by atoms with Gasteiger partial charge in [-0.3, -0.25) is 10.1 Å². The Morgan fingerprint density at radius 2 is 1.96 bits per heavy atom. The SMILES string of the molecule is Nc1cc(Cl)c(C(O)C(O)CCNC(=O)OCc2ccccc2)cc1[N+](=O)[O-]. The highest BCUT2D eigenvalue weighted by Crippen LogP contribution is 2.34. The van der Waals surface area contributed by atoms with Crippen molar-refractivity contribution in [3.8, 4) is 0 Å². The van der Waals surface area contributed by atoms with Gasteiger partial charge in [-0.15, -0.1) is 0 Å². The van der Waals surface area contributed by atoms with Crippen molar-refractivity contribution in [3.05, 3.63) is 68.7 Å². The lowest BCUT2D eigenvalue weighted by Gasteiger charge is -2.19. The van der Waals surface area contributed by atoms with E-state index < -0.39 is 28.9 Å². The van der Waals surface area contributed by atoms with E-state index in [1.165, 1.54) is 0 Å². The van der Waals surface area contributed by atoms with E-state index in [0.717, 1.165) is 17.7 Å². The highest BCUT2D eigenvalue weighted by atomic mass is 35.5. The molecule has 0 radical (unpaired) electrons. The molecule has 0 aromatic heterocycles. The molecular formula is C18H20ClN3O6. The molecule has 0 aliphatic heterocycles. The summed E-state index contributed by atoms with van der Waals surface area (Å²) in [4.78, 5) is 21.9. The number of ether oxygens (including phenoxy) is 1. The number of aliphatic hydroxyl groups is 2. The van der Waals surface area contributed by atoms with Crippen molar-refractivity contribution >= 4 is 29.1 Å². The topological polar surface area (TPSA) is 148 Å². The standard InChI is InChI=1S/C18H20ClN3O6/c19-13-9-14(20)15(22(26)27)8-12(13)17(24)16(23)6-7-21-18(25)28-10-11-4-2-1-3-5-11/h1-5,8-9,16-17,23-24H,6-7,10,20H2,(H,21,25). The first-order valence-corrected chi connectivity index (χ1v) is 8.71. The molecule has 0 saturated carbocycles. The molecule has 0 heterocycles. The lowest BCUT2D eigenvalue weighted by molar-refractivity contribution is -0.384. The number of benzene rings is 2. The molecule has 28 heavy (non-hydrogen) atoms. The Morgan fingerprint density at radius 1 is 1.29 bits per heavy atom. The third-order valence-corrected chi connectivity index (χ3v) is 4.28. The summed E-state index contributed by atoms with van der Waals surface area (Å²) in [5.74, 6) is 0. The number of hydrogen-bond acceptors (Lipinski definition) is 7. The molecule has 0 aliphatic rings. The number of rotatable bonds is 8. The number of nitrogen functional groups attached to an aromatic ring is 1. The molecule has 2 aromatic carbocycles. The Bertz CT molecular complexity index is 834. The number of nitro groups is 1. The van der Waals surface area contributed by atoms with Gasteiger partial charge in [0.15, 0.2) is 0 Å². The van der Waals surface area contributed by atoms with Gasteiger partial charge in [-0.25, -0.2) is 4.79 Å². The minimum atomic E-state index is -1.49. The summed E-state index contributed by atoms with van der Waals surface area (Å²) in [7, 11) is 0. The van der Waals surface area contributed by atoms with Crippen molar-refractivity contribution in [2.24, 2.45) is 0 Å². The summed E-state index contributed by atoms with van der Waals surface area (Å²) in [5.41, 5.74) is 5.75. The van der Waals surface area contributed by atoms with Gasteiger partial charge in [-0.2, -0.15) is 0 Å². The summed E-state index contributed by atoms with van der Waals surface area (Å²) in [6.45, 7) is 0.114. The van der Waals surface area contributed by atoms with Crippen molar-refractivity contribution in [2.75, 3.05) is 12.3 Å². The van der Waals surface area contributed by atoms with Crippen LogP contribution in [0.4, 0.5) is 16.2 Å². The molecule has 2 aromatic rings. The molecule has 1 amide bonds. The minimum absolute atomic E-state index is 0.00937. The van der Waals surface area contributed by atoms with Crippen molar-refractivity contribution in [1.82, 2.24) is 5.32 Å². The zero-order valence-electron chi connectivity index (χ0n) is 14.7. The van der Waals surface area contributed by atoms with Crippen molar-refractivity contribution in [2.45, 2.75) is 25.2 Å². The van der Waals surface area contributed by atoms with Gasteiger partial charge in [0.2, 0.25) is 0 Å². The van der Waals surface area contributed by atoms with E-state index in [-0.39, 0.29) is 35.8 Å². The van der Waals surface area contributed by atoms with Crippen LogP contribution in [0.2, 0.25) is 5.02 Å². The van der Waals surface area contributed by atoms with Crippen molar-refractivity contribution < 1.29 is 24.7 Å². The number of aliphatic hydroxyl groups excluding tert-OH is 2. The first-order chi connectivity index (χ1) is 13.3. The molecule has 150 valence electrons. The normalized spacial score (nSPS) is 12.8. The Kier molecular flexibility index (Phi) is 7.56. The zero-order chi connectivity index (χ0) is 20.7. The number of carbonyl (C=O) groups is 1. The predicted molar refractivity (Wildman–Crippen MR) is 103 cm³/mol. The zero-order valence-corrected chi connectivity index (χ0v) is 15.5. The van der Waals surface area contributed by atoms with Gasteiger partial charge in [0.1, 0.15) is 18.4 Å². The average molecular weight is 410 g/mol. The second kappa shape index (κ2) is 9.88. The Labute approximate surface area is 165 Å². The van der Waals surface area contributed by atoms with Crippen LogP contribution >= 0.6 is 11.6 Å². The summed E-state index contributed by atoms with van der Waals surface area (Å²) in [6, 6.07) is 11.3. The highest BCUT2D eigenvalue weighted by molar-refractivity contribution is 6.31. The van der Waals surface area contributed by atoms with E-state index in [0.29, 0.717) is 0 Å². The fourth-order valence-corrected chi connectivity index (χ4v) is 2.72. The lowest BCUT2D eigenvalue weighted by Crippen LogP contribution is -2.29. The largest absolute Gasteiger partial charge is 0.445 e. The van der Waals surface area contributed by atoms with Gasteiger partial charge in [0.05, 0.1) is 11.0 Å². The fourth-order valence-electron chi connectivity index (χ4n) is 2.44. The molecule has 2 unspecified atom stereocenters. The predicted octanol–water partition coefficient (Wildman–Crippen LogP) is 2.54. The Hall–Kier alpha value is -2.88. The molecule has 0 spiro atoms. The quantitative estimate of drug-likeness (QED) is 0.297. The third kappa shape index (κ3) is 5.81.